The minimum Gasteiger partial charge on any atom is -0.352 e. The molecule has 112 valence electrons. The van der Waals surface area contributed by atoms with Crippen molar-refractivity contribution >= 4 is 16.8 Å². The lowest BCUT2D eigenvalue weighted by Crippen LogP contribution is -2.36. The van der Waals surface area contributed by atoms with Crippen LogP contribution in [0.4, 0.5) is 4.39 Å². The van der Waals surface area contributed by atoms with Gasteiger partial charge < -0.3 is 9.88 Å². The monoisotopic (exact) mass is 288 g/mol. The number of halogens is 1. The Labute approximate surface area is 124 Å². The Hall–Kier alpha value is -1.84. The second-order valence-corrected chi connectivity index (χ2v) is 5.90. The van der Waals surface area contributed by atoms with Crippen molar-refractivity contribution in [3.63, 3.8) is 0 Å². The topological polar surface area (TPSA) is 34.0 Å². The fourth-order valence-corrected chi connectivity index (χ4v) is 3.16. The zero-order valence-electron chi connectivity index (χ0n) is 12.1. The number of hydrogen-bond donors (Lipinski definition) is 1. The molecule has 2 aromatic rings. The van der Waals surface area contributed by atoms with Gasteiger partial charge in [-0.2, -0.15) is 0 Å². The Balaban J connectivity index is 1.65. The largest absolute Gasteiger partial charge is 0.352 e. The summed E-state index contributed by atoms with van der Waals surface area (Å²) in [6.45, 7) is 0.297. The molecule has 1 saturated carbocycles. The molecule has 0 spiro atoms. The molecule has 0 aliphatic heterocycles. The van der Waals surface area contributed by atoms with Crippen molar-refractivity contribution in [3.05, 3.63) is 36.3 Å². The van der Waals surface area contributed by atoms with Gasteiger partial charge in [0, 0.05) is 23.1 Å². The zero-order chi connectivity index (χ0) is 14.7. The van der Waals surface area contributed by atoms with Crippen molar-refractivity contribution in [2.45, 2.75) is 51.1 Å². The van der Waals surface area contributed by atoms with E-state index in [2.05, 4.69) is 5.32 Å². The number of hydrogen-bond acceptors (Lipinski definition) is 1. The lowest BCUT2D eigenvalue weighted by Gasteiger charge is -2.16. The van der Waals surface area contributed by atoms with Gasteiger partial charge in [0.25, 0.3) is 0 Å². The van der Waals surface area contributed by atoms with E-state index in [1.54, 1.807) is 6.07 Å². The van der Waals surface area contributed by atoms with Crippen LogP contribution >= 0.6 is 0 Å². The molecule has 3 nitrogen and oxygen atoms in total. The van der Waals surface area contributed by atoms with Gasteiger partial charge >= 0.3 is 0 Å². The molecule has 0 radical (unpaired) electrons. The molecule has 0 unspecified atom stereocenters. The molecule has 1 aromatic heterocycles. The van der Waals surface area contributed by atoms with Crippen LogP contribution in [0.15, 0.2) is 30.5 Å². The van der Waals surface area contributed by atoms with Crippen LogP contribution in [-0.2, 0) is 11.3 Å². The summed E-state index contributed by atoms with van der Waals surface area (Å²) in [5, 5.41) is 3.97. The van der Waals surface area contributed by atoms with Crippen molar-refractivity contribution in [3.8, 4) is 0 Å². The van der Waals surface area contributed by atoms with Gasteiger partial charge in [-0.15, -0.1) is 0 Å². The predicted octanol–water partition coefficient (Wildman–Crippen LogP) is 3.62. The Morgan fingerprint density at radius 3 is 2.71 bits per heavy atom. The minimum atomic E-state index is -0.247. The standard InChI is InChI=1S/C17H21FN2O/c18-14-7-8-16-13(11-14)9-10-20(16)12-17(21)19-15-5-3-1-2-4-6-15/h7-11,15H,1-6,12H2,(H,19,21). The number of benzene rings is 1. The Kier molecular flexibility index (Phi) is 4.23. The molecular weight excluding hydrogens is 267 g/mol. The van der Waals surface area contributed by atoms with Gasteiger partial charge in [0.05, 0.1) is 0 Å². The quantitative estimate of drug-likeness (QED) is 0.860. The van der Waals surface area contributed by atoms with Crippen LogP contribution in [0.25, 0.3) is 10.9 Å². The maximum Gasteiger partial charge on any atom is 0.240 e. The SMILES string of the molecule is O=C(Cn1ccc2cc(F)ccc21)NC1CCCCCC1. The van der Waals surface area contributed by atoms with Crippen molar-refractivity contribution < 1.29 is 9.18 Å². The second-order valence-electron chi connectivity index (χ2n) is 5.90. The summed E-state index contributed by atoms with van der Waals surface area (Å²) >= 11 is 0. The van der Waals surface area contributed by atoms with Crippen LogP contribution in [0.1, 0.15) is 38.5 Å². The minimum absolute atomic E-state index is 0.0451. The fourth-order valence-electron chi connectivity index (χ4n) is 3.16. The molecule has 1 aliphatic rings. The first-order valence-electron chi connectivity index (χ1n) is 7.76. The molecule has 1 aliphatic carbocycles. The predicted molar refractivity (Wildman–Crippen MR) is 81.5 cm³/mol. The summed E-state index contributed by atoms with van der Waals surface area (Å²) in [7, 11) is 0. The smallest absolute Gasteiger partial charge is 0.240 e. The molecule has 1 heterocycles. The highest BCUT2D eigenvalue weighted by Gasteiger charge is 2.15. The Morgan fingerprint density at radius 2 is 1.95 bits per heavy atom. The molecule has 1 fully saturated rings. The number of rotatable bonds is 3. The van der Waals surface area contributed by atoms with Crippen LogP contribution in [0, 0.1) is 5.82 Å². The average Bonchev–Trinajstić information content (AvgIpc) is 2.68. The molecular formula is C17H21FN2O. The molecule has 21 heavy (non-hydrogen) atoms. The van der Waals surface area contributed by atoms with E-state index in [4.69, 9.17) is 0 Å². The summed E-state index contributed by atoms with van der Waals surface area (Å²) in [5.74, 6) is -0.202. The number of amides is 1. The molecule has 1 aromatic carbocycles. The normalized spacial score (nSPS) is 16.8. The fraction of sp³-hybridized carbons (Fsp3) is 0.471. The van der Waals surface area contributed by atoms with Gasteiger partial charge in [-0.05, 0) is 37.1 Å². The Bertz CT molecular complexity index is 627. The van der Waals surface area contributed by atoms with Crippen LogP contribution < -0.4 is 5.32 Å². The third-order valence-corrected chi connectivity index (χ3v) is 4.27. The van der Waals surface area contributed by atoms with Crippen LogP contribution in [0.2, 0.25) is 0 Å². The molecule has 1 N–H and O–H groups in total. The maximum atomic E-state index is 13.2. The summed E-state index contributed by atoms with van der Waals surface area (Å²) < 4.78 is 15.0. The van der Waals surface area contributed by atoms with Crippen molar-refractivity contribution in [1.82, 2.24) is 9.88 Å². The highest BCUT2D eigenvalue weighted by molar-refractivity contribution is 5.83. The zero-order valence-corrected chi connectivity index (χ0v) is 12.1. The molecule has 0 saturated heterocycles. The lowest BCUT2D eigenvalue weighted by molar-refractivity contribution is -0.122. The number of aromatic nitrogens is 1. The van der Waals surface area contributed by atoms with E-state index in [1.807, 2.05) is 16.8 Å². The van der Waals surface area contributed by atoms with Gasteiger partial charge in [-0.25, -0.2) is 4.39 Å². The Morgan fingerprint density at radius 1 is 1.19 bits per heavy atom. The molecule has 1 amide bonds. The first-order chi connectivity index (χ1) is 10.2. The van der Waals surface area contributed by atoms with Crippen LogP contribution in [0.5, 0.6) is 0 Å². The third kappa shape index (κ3) is 3.43. The van der Waals surface area contributed by atoms with Gasteiger partial charge in [-0.3, -0.25) is 4.79 Å². The first kappa shape index (κ1) is 14.1. The van der Waals surface area contributed by atoms with E-state index >= 15 is 0 Å². The summed E-state index contributed by atoms with van der Waals surface area (Å²) in [6.07, 6.45) is 8.98. The van der Waals surface area contributed by atoms with Gasteiger partial charge in [0.15, 0.2) is 0 Å². The third-order valence-electron chi connectivity index (χ3n) is 4.27. The number of nitrogens with zero attached hydrogens (tertiary/aromatic N) is 1. The number of nitrogens with one attached hydrogen (secondary N) is 1. The van der Waals surface area contributed by atoms with Gasteiger partial charge in [0.2, 0.25) is 5.91 Å². The second kappa shape index (κ2) is 6.29. The van der Waals surface area contributed by atoms with E-state index in [-0.39, 0.29) is 11.7 Å². The van der Waals surface area contributed by atoms with Gasteiger partial charge in [-0.1, -0.05) is 25.7 Å². The van der Waals surface area contributed by atoms with Gasteiger partial charge in [0.1, 0.15) is 12.4 Å². The summed E-state index contributed by atoms with van der Waals surface area (Å²) in [5.41, 5.74) is 0.896. The number of carbonyl (C=O) groups excluding carboxylic acids is 1. The van der Waals surface area contributed by atoms with Crippen molar-refractivity contribution in [1.29, 1.82) is 0 Å². The van der Waals surface area contributed by atoms with Crippen LogP contribution in [-0.4, -0.2) is 16.5 Å². The van der Waals surface area contributed by atoms with E-state index < -0.39 is 0 Å². The van der Waals surface area contributed by atoms with Crippen molar-refractivity contribution in [2.75, 3.05) is 0 Å². The average molecular weight is 288 g/mol. The van der Waals surface area contributed by atoms with E-state index in [0.29, 0.717) is 12.6 Å². The lowest BCUT2D eigenvalue weighted by atomic mass is 10.1. The van der Waals surface area contributed by atoms with E-state index in [1.165, 1.54) is 37.8 Å². The first-order valence-corrected chi connectivity index (χ1v) is 7.76. The molecule has 3 rings (SSSR count). The molecule has 4 heteroatoms. The highest BCUT2D eigenvalue weighted by Crippen LogP contribution is 2.18. The maximum absolute atomic E-state index is 13.2. The molecule has 0 bridgehead atoms. The van der Waals surface area contributed by atoms with E-state index in [9.17, 15) is 9.18 Å². The van der Waals surface area contributed by atoms with Crippen molar-refractivity contribution in [2.24, 2.45) is 0 Å². The van der Waals surface area contributed by atoms with E-state index in [0.717, 1.165) is 23.7 Å². The highest BCUT2D eigenvalue weighted by atomic mass is 19.1. The number of carbonyl (C=O) groups is 1. The summed E-state index contributed by atoms with van der Waals surface area (Å²) in [6, 6.07) is 6.82. The van der Waals surface area contributed by atoms with Crippen LogP contribution in [0.3, 0.4) is 0 Å². The molecule has 0 atom stereocenters. The number of fused-ring (bicyclic) bond motifs is 1. The summed E-state index contributed by atoms with van der Waals surface area (Å²) in [4.78, 5) is 12.2.